The van der Waals surface area contributed by atoms with E-state index in [-0.39, 0.29) is 23.8 Å². The van der Waals surface area contributed by atoms with Crippen LogP contribution in [0.25, 0.3) is 10.4 Å². The van der Waals surface area contributed by atoms with Gasteiger partial charge in [-0.2, -0.15) is 0 Å². The molecule has 0 aliphatic carbocycles. The molecule has 1 unspecified atom stereocenters. The third-order valence-corrected chi connectivity index (χ3v) is 2.14. The minimum Gasteiger partial charge on any atom is -0.362 e. The molecule has 20 heavy (non-hydrogen) atoms. The third kappa shape index (κ3) is 11.4. The summed E-state index contributed by atoms with van der Waals surface area (Å²) in [5, 5.41) is 6.18. The number of hydrogen-bond acceptors (Lipinski definition) is 3. The van der Waals surface area contributed by atoms with Gasteiger partial charge < -0.3 is 10.1 Å². The minimum atomic E-state index is -0.632. The Hall–Kier alpha value is -1.70. The van der Waals surface area contributed by atoms with Crippen molar-refractivity contribution in [3.63, 3.8) is 0 Å². The lowest BCUT2D eigenvalue weighted by molar-refractivity contribution is -0.127. The average Bonchev–Trinajstić information content (AvgIpc) is 2.30. The molecule has 0 aromatic carbocycles. The average molecular weight is 280 g/mol. The second-order valence-electron chi connectivity index (χ2n) is 5.99. The van der Waals surface area contributed by atoms with Gasteiger partial charge in [-0.25, -0.2) is 0 Å². The van der Waals surface area contributed by atoms with Crippen molar-refractivity contribution in [2.75, 3.05) is 13.2 Å². The summed E-state index contributed by atoms with van der Waals surface area (Å²) in [6, 6.07) is 0. The minimum absolute atomic E-state index is 0.0436. The largest absolute Gasteiger partial charge is 0.362 e. The molecule has 0 radical (unpaired) electrons. The van der Waals surface area contributed by atoms with Gasteiger partial charge in [-0.05, 0) is 17.4 Å². The van der Waals surface area contributed by atoms with E-state index in [0.717, 1.165) is 0 Å². The smallest absolute Gasteiger partial charge is 0.246 e. The fourth-order valence-corrected chi connectivity index (χ4v) is 1.34. The van der Waals surface area contributed by atoms with Gasteiger partial charge in [0.25, 0.3) is 0 Å². The summed E-state index contributed by atoms with van der Waals surface area (Å²) >= 11 is 0. The van der Waals surface area contributed by atoms with E-state index in [0.29, 0.717) is 13.0 Å². The molecule has 6 heteroatoms. The molecule has 1 atom stereocenters. The second kappa shape index (κ2) is 9.24. The summed E-state index contributed by atoms with van der Waals surface area (Å²) in [5.41, 5.74) is 8.44. The fraction of sp³-hybridized carbons (Fsp3) is 0.786. The maximum atomic E-state index is 11.5. The van der Waals surface area contributed by atoms with Gasteiger partial charge in [-0.3, -0.25) is 4.79 Å². The lowest BCUT2D eigenvalue weighted by atomic mass is 9.91. The predicted octanol–water partition coefficient (Wildman–Crippen LogP) is 2.85. The number of azide groups is 1. The first-order chi connectivity index (χ1) is 9.24. The second-order valence-corrected chi connectivity index (χ2v) is 5.99. The molecule has 0 saturated carbocycles. The zero-order chi connectivity index (χ0) is 15.6. The molecule has 0 aliphatic heterocycles. The molecule has 0 spiro atoms. The lowest BCUT2D eigenvalue weighted by Crippen LogP contribution is -2.30. The first-order valence-corrected chi connectivity index (χ1v) is 6.65. The van der Waals surface area contributed by atoms with Gasteiger partial charge in [0.15, 0.2) is 0 Å². The van der Waals surface area contributed by atoms with Crippen LogP contribution in [-0.4, -0.2) is 25.3 Å². The van der Waals surface area contributed by atoms with Gasteiger partial charge in [0.2, 0.25) is 5.91 Å². The van der Waals surface area contributed by atoms with Crippen molar-refractivity contribution in [1.82, 2.24) is 5.32 Å². The van der Waals surface area contributed by atoms with Crippen molar-refractivity contribution in [3.05, 3.63) is 10.4 Å². The van der Waals surface area contributed by atoms with Crippen molar-refractivity contribution >= 4 is 5.91 Å². The van der Waals surface area contributed by atoms with E-state index >= 15 is 0 Å². The molecular formula is C14H24N4O2. The van der Waals surface area contributed by atoms with Crippen LogP contribution in [0.5, 0.6) is 0 Å². The van der Waals surface area contributed by atoms with E-state index in [2.05, 4.69) is 27.2 Å². The number of hydrogen-bond donors (Lipinski definition) is 1. The van der Waals surface area contributed by atoms with Gasteiger partial charge in [0, 0.05) is 10.8 Å². The number of ether oxygens (including phenoxy) is 1. The molecule has 0 aliphatic rings. The maximum absolute atomic E-state index is 11.5. The van der Waals surface area contributed by atoms with Crippen LogP contribution in [0.1, 0.15) is 41.0 Å². The first kappa shape index (κ1) is 18.3. The molecular weight excluding hydrogens is 256 g/mol. The number of carbonyl (C=O) groups is 1. The number of carbonyl (C=O) groups excluding carboxylic acids is 1. The molecule has 0 heterocycles. The van der Waals surface area contributed by atoms with Crippen LogP contribution in [0.4, 0.5) is 0 Å². The summed E-state index contributed by atoms with van der Waals surface area (Å²) < 4.78 is 5.32. The zero-order valence-electron chi connectivity index (χ0n) is 12.9. The Morgan fingerprint density at radius 3 is 2.60 bits per heavy atom. The van der Waals surface area contributed by atoms with Crippen molar-refractivity contribution in [3.8, 4) is 11.8 Å². The number of amides is 1. The van der Waals surface area contributed by atoms with Crippen LogP contribution in [-0.2, 0) is 9.53 Å². The maximum Gasteiger partial charge on any atom is 0.246 e. The SMILES string of the molecule is CC(C)C#CCNC(=O)COC(CC(C)(C)C)N=[N+]=[N-]. The normalized spacial score (nSPS) is 12.1. The van der Waals surface area contributed by atoms with E-state index in [9.17, 15) is 4.79 Å². The Morgan fingerprint density at radius 2 is 2.10 bits per heavy atom. The van der Waals surface area contributed by atoms with E-state index in [1.54, 1.807) is 0 Å². The monoisotopic (exact) mass is 280 g/mol. The standard InChI is InChI=1S/C14H24N4O2/c1-11(2)7-6-8-16-12(19)10-20-13(17-18-15)9-14(3,4)5/h11,13H,8-10H2,1-5H3,(H,16,19). The van der Waals surface area contributed by atoms with Gasteiger partial charge in [0.05, 0.1) is 6.54 Å². The Kier molecular flexibility index (Phi) is 8.46. The molecule has 6 nitrogen and oxygen atoms in total. The highest BCUT2D eigenvalue weighted by Crippen LogP contribution is 2.22. The van der Waals surface area contributed by atoms with Crippen LogP contribution < -0.4 is 5.32 Å². The van der Waals surface area contributed by atoms with Crippen LogP contribution in [0, 0.1) is 23.2 Å². The summed E-state index contributed by atoms with van der Waals surface area (Å²) in [5.74, 6) is 5.81. The number of nitrogens with one attached hydrogen (secondary N) is 1. The zero-order valence-corrected chi connectivity index (χ0v) is 12.9. The highest BCUT2D eigenvalue weighted by Gasteiger charge is 2.19. The molecule has 0 bridgehead atoms. The molecule has 112 valence electrons. The van der Waals surface area contributed by atoms with Gasteiger partial charge >= 0.3 is 0 Å². The molecule has 0 saturated heterocycles. The Bertz CT molecular complexity index is 409. The predicted molar refractivity (Wildman–Crippen MR) is 78.6 cm³/mol. The third-order valence-electron chi connectivity index (χ3n) is 2.14. The van der Waals surface area contributed by atoms with Crippen molar-refractivity contribution in [2.45, 2.75) is 47.3 Å². The first-order valence-electron chi connectivity index (χ1n) is 6.65. The Labute approximate surface area is 120 Å². The number of rotatable bonds is 6. The quantitative estimate of drug-likeness (QED) is 0.351. The van der Waals surface area contributed by atoms with E-state index in [1.165, 1.54) is 0 Å². The molecule has 1 amide bonds. The van der Waals surface area contributed by atoms with E-state index in [4.69, 9.17) is 10.3 Å². The Morgan fingerprint density at radius 1 is 1.45 bits per heavy atom. The van der Waals surface area contributed by atoms with E-state index < -0.39 is 6.23 Å². The lowest BCUT2D eigenvalue weighted by Gasteiger charge is -2.22. The Balaban J connectivity index is 4.13. The van der Waals surface area contributed by atoms with Gasteiger partial charge in [-0.1, -0.05) is 51.6 Å². The topological polar surface area (TPSA) is 87.1 Å². The molecule has 0 fully saturated rings. The summed E-state index contributed by atoms with van der Waals surface area (Å²) in [7, 11) is 0. The van der Waals surface area contributed by atoms with Crippen molar-refractivity contribution < 1.29 is 9.53 Å². The molecule has 1 N–H and O–H groups in total. The van der Waals surface area contributed by atoms with Crippen molar-refractivity contribution in [2.24, 2.45) is 16.4 Å². The van der Waals surface area contributed by atoms with Gasteiger partial charge in [0.1, 0.15) is 12.8 Å². The molecule has 0 aromatic heterocycles. The molecule has 0 rings (SSSR count). The summed E-state index contributed by atoms with van der Waals surface area (Å²) in [4.78, 5) is 14.3. The van der Waals surface area contributed by atoms with Crippen LogP contribution >= 0.6 is 0 Å². The number of nitrogens with zero attached hydrogens (tertiary/aromatic N) is 3. The summed E-state index contributed by atoms with van der Waals surface area (Å²) in [6.45, 7) is 10.2. The van der Waals surface area contributed by atoms with Crippen LogP contribution in [0.3, 0.4) is 0 Å². The van der Waals surface area contributed by atoms with Crippen LogP contribution in [0.15, 0.2) is 5.11 Å². The van der Waals surface area contributed by atoms with Gasteiger partial charge in [-0.15, -0.1) is 0 Å². The van der Waals surface area contributed by atoms with Crippen molar-refractivity contribution in [1.29, 1.82) is 0 Å². The molecule has 0 aromatic rings. The van der Waals surface area contributed by atoms with Crippen LogP contribution in [0.2, 0.25) is 0 Å². The fourth-order valence-electron chi connectivity index (χ4n) is 1.34. The highest BCUT2D eigenvalue weighted by molar-refractivity contribution is 5.77. The van der Waals surface area contributed by atoms with E-state index in [1.807, 2.05) is 34.6 Å². The summed E-state index contributed by atoms with van der Waals surface area (Å²) in [6.07, 6.45) is -0.0789. The highest BCUT2D eigenvalue weighted by atomic mass is 16.5.